The predicted molar refractivity (Wildman–Crippen MR) is 97.0 cm³/mol. The number of nitrogens with zero attached hydrogens (tertiary/aromatic N) is 2. The van der Waals surface area contributed by atoms with Gasteiger partial charge in [0, 0.05) is 24.0 Å². The molecular weight excluding hydrogens is 348 g/mol. The van der Waals surface area contributed by atoms with Crippen molar-refractivity contribution in [2.75, 3.05) is 0 Å². The maximum Gasteiger partial charge on any atom is 0.365 e. The van der Waals surface area contributed by atoms with E-state index >= 15 is 0 Å². The van der Waals surface area contributed by atoms with Crippen molar-refractivity contribution in [2.45, 2.75) is 19.8 Å². The van der Waals surface area contributed by atoms with E-state index in [9.17, 15) is 19.7 Å². The summed E-state index contributed by atoms with van der Waals surface area (Å²) in [5.41, 5.74) is 1.20. The molecule has 5 rings (SSSR count). The van der Waals surface area contributed by atoms with Gasteiger partial charge in [-0.3, -0.25) is 14.9 Å². The Labute approximate surface area is 155 Å². The van der Waals surface area contributed by atoms with Gasteiger partial charge in [-0.1, -0.05) is 23.4 Å². The van der Waals surface area contributed by atoms with Crippen LogP contribution in [0, 0.1) is 33.8 Å². The summed E-state index contributed by atoms with van der Waals surface area (Å²) >= 11 is 0. The van der Waals surface area contributed by atoms with E-state index in [1.54, 1.807) is 13.0 Å². The van der Waals surface area contributed by atoms with Gasteiger partial charge in [0.15, 0.2) is 5.78 Å². The molecule has 0 heterocycles. The Morgan fingerprint density at radius 1 is 1.22 bits per heavy atom. The van der Waals surface area contributed by atoms with Crippen molar-refractivity contribution in [1.82, 2.24) is 0 Å². The minimum absolute atomic E-state index is 0.0590. The van der Waals surface area contributed by atoms with Crippen molar-refractivity contribution in [2.24, 2.45) is 28.8 Å². The summed E-state index contributed by atoms with van der Waals surface area (Å²) in [7, 11) is 0. The summed E-state index contributed by atoms with van der Waals surface area (Å²) in [6.45, 7) is 1.79. The van der Waals surface area contributed by atoms with Gasteiger partial charge < -0.3 is 4.84 Å². The van der Waals surface area contributed by atoms with Gasteiger partial charge in [-0.2, -0.15) is 0 Å². The third-order valence-electron chi connectivity index (χ3n) is 5.67. The smallest absolute Gasteiger partial charge is 0.313 e. The van der Waals surface area contributed by atoms with Crippen LogP contribution in [-0.2, 0) is 9.63 Å². The molecule has 0 aromatic heterocycles. The molecular formula is C20H18N2O5. The van der Waals surface area contributed by atoms with Gasteiger partial charge in [0.1, 0.15) is 0 Å². The number of carbonyl (C=O) groups is 2. The molecule has 4 aliphatic rings. The Morgan fingerprint density at radius 2 is 1.93 bits per heavy atom. The van der Waals surface area contributed by atoms with Crippen molar-refractivity contribution in [1.29, 1.82) is 0 Å². The fraction of sp³-hybridized carbons (Fsp3) is 0.350. The number of non-ortho nitro benzene ring substituents is 1. The minimum atomic E-state index is -0.760. The molecule has 1 aromatic rings. The average Bonchev–Trinajstić information content (AvgIpc) is 2.68. The Kier molecular flexibility index (Phi) is 4.22. The Morgan fingerprint density at radius 3 is 2.59 bits per heavy atom. The SMILES string of the molecule is CC1=CC(=O)C2C3C=CC(CC3)C2/C1=N\OC(=O)c1cccc([N+](=O)[O-])c1. The third kappa shape index (κ3) is 2.99. The molecule has 2 bridgehead atoms. The second-order valence-electron chi connectivity index (χ2n) is 7.23. The molecule has 4 unspecified atom stereocenters. The number of hydrogen-bond acceptors (Lipinski definition) is 6. The van der Waals surface area contributed by atoms with Gasteiger partial charge in [-0.05, 0) is 49.3 Å². The lowest BCUT2D eigenvalue weighted by molar-refractivity contribution is -0.384. The molecule has 4 atom stereocenters. The first-order valence-electron chi connectivity index (χ1n) is 8.90. The normalized spacial score (nSPS) is 30.0. The summed E-state index contributed by atoms with van der Waals surface area (Å²) in [5, 5.41) is 15.0. The van der Waals surface area contributed by atoms with Crippen LogP contribution in [0.4, 0.5) is 5.69 Å². The van der Waals surface area contributed by atoms with E-state index in [0.29, 0.717) is 11.3 Å². The van der Waals surface area contributed by atoms with Crippen molar-refractivity contribution in [3.63, 3.8) is 0 Å². The molecule has 4 aliphatic carbocycles. The molecule has 0 radical (unpaired) electrons. The number of ketones is 1. The van der Waals surface area contributed by atoms with Crippen LogP contribution in [0.1, 0.15) is 30.1 Å². The van der Waals surface area contributed by atoms with Crippen LogP contribution in [-0.4, -0.2) is 22.4 Å². The van der Waals surface area contributed by atoms with Gasteiger partial charge in [0.25, 0.3) is 5.69 Å². The number of nitro groups is 1. The zero-order valence-corrected chi connectivity index (χ0v) is 14.7. The Hall–Kier alpha value is -3.09. The largest absolute Gasteiger partial charge is 0.365 e. The van der Waals surface area contributed by atoms with Crippen LogP contribution >= 0.6 is 0 Å². The fourth-order valence-corrected chi connectivity index (χ4v) is 4.42. The van der Waals surface area contributed by atoms with Crippen molar-refractivity contribution in [3.8, 4) is 0 Å². The second kappa shape index (κ2) is 6.57. The molecule has 27 heavy (non-hydrogen) atoms. The van der Waals surface area contributed by atoms with E-state index in [0.717, 1.165) is 18.9 Å². The maximum atomic E-state index is 12.5. The lowest BCUT2D eigenvalue weighted by Gasteiger charge is -2.46. The van der Waals surface area contributed by atoms with Crippen molar-refractivity contribution < 1.29 is 19.3 Å². The highest BCUT2D eigenvalue weighted by Crippen LogP contribution is 2.48. The molecule has 7 heteroatoms. The van der Waals surface area contributed by atoms with Gasteiger partial charge in [0.2, 0.25) is 0 Å². The number of hydrogen-bond donors (Lipinski definition) is 0. The number of nitro benzene ring substituents is 1. The van der Waals surface area contributed by atoms with Crippen molar-refractivity contribution >= 4 is 23.2 Å². The molecule has 0 saturated heterocycles. The quantitative estimate of drug-likeness (QED) is 0.353. The number of allylic oxidation sites excluding steroid dienone is 4. The van der Waals surface area contributed by atoms with Crippen LogP contribution < -0.4 is 0 Å². The van der Waals surface area contributed by atoms with Gasteiger partial charge in [-0.25, -0.2) is 4.79 Å². The van der Waals surface area contributed by atoms with E-state index in [1.165, 1.54) is 18.2 Å². The average molecular weight is 366 g/mol. The van der Waals surface area contributed by atoms with Gasteiger partial charge >= 0.3 is 5.97 Å². The molecule has 0 N–H and O–H groups in total. The standard InChI is InChI=1S/C20H18N2O5/c1-11-9-16(23)17-12-5-7-13(8-6-12)18(17)19(11)21-27-20(24)14-3-2-4-15(10-14)22(25)26/h2-5,7,9-10,12-13,17-18H,6,8H2,1H3/b21-19-. The monoisotopic (exact) mass is 366 g/mol. The first kappa shape index (κ1) is 17.3. The lowest BCUT2D eigenvalue weighted by Crippen LogP contribution is -2.47. The van der Waals surface area contributed by atoms with Crippen LogP contribution in [0.15, 0.2) is 53.2 Å². The molecule has 7 nitrogen and oxygen atoms in total. The van der Waals surface area contributed by atoms with Gasteiger partial charge in [0.05, 0.1) is 16.2 Å². The topological polar surface area (TPSA) is 98.9 Å². The van der Waals surface area contributed by atoms with Crippen LogP contribution in [0.3, 0.4) is 0 Å². The summed E-state index contributed by atoms with van der Waals surface area (Å²) in [6.07, 6.45) is 7.81. The number of benzene rings is 1. The summed E-state index contributed by atoms with van der Waals surface area (Å²) < 4.78 is 0. The molecule has 0 aliphatic heterocycles. The molecule has 138 valence electrons. The molecule has 1 saturated carbocycles. The number of oxime groups is 1. The number of fused-ring (bicyclic) bond motifs is 1. The first-order valence-corrected chi connectivity index (χ1v) is 8.90. The highest BCUT2D eigenvalue weighted by atomic mass is 16.7. The molecule has 0 spiro atoms. The lowest BCUT2D eigenvalue weighted by atomic mass is 9.57. The summed E-state index contributed by atoms with van der Waals surface area (Å²) in [5.74, 6) is -0.460. The molecule has 1 fully saturated rings. The third-order valence-corrected chi connectivity index (χ3v) is 5.67. The minimum Gasteiger partial charge on any atom is -0.313 e. The highest BCUT2D eigenvalue weighted by Gasteiger charge is 2.48. The van der Waals surface area contributed by atoms with Crippen LogP contribution in [0.25, 0.3) is 0 Å². The maximum absolute atomic E-state index is 12.5. The van der Waals surface area contributed by atoms with E-state index in [2.05, 4.69) is 17.3 Å². The molecule has 0 amide bonds. The van der Waals surface area contributed by atoms with E-state index in [-0.39, 0.29) is 40.7 Å². The van der Waals surface area contributed by atoms with E-state index in [4.69, 9.17) is 4.84 Å². The summed E-state index contributed by atoms with van der Waals surface area (Å²) in [6, 6.07) is 5.33. The Bertz CT molecular complexity index is 930. The predicted octanol–water partition coefficient (Wildman–Crippen LogP) is 3.47. The zero-order valence-electron chi connectivity index (χ0n) is 14.7. The second-order valence-corrected chi connectivity index (χ2v) is 7.23. The fourth-order valence-electron chi connectivity index (χ4n) is 4.42. The molecule has 1 aromatic carbocycles. The first-order chi connectivity index (χ1) is 13.0. The number of carbonyl (C=O) groups excluding carboxylic acids is 2. The Balaban J connectivity index is 1.61. The zero-order chi connectivity index (χ0) is 19.1. The van der Waals surface area contributed by atoms with Crippen molar-refractivity contribution in [3.05, 3.63) is 63.7 Å². The van der Waals surface area contributed by atoms with Gasteiger partial charge in [-0.15, -0.1) is 0 Å². The van der Waals surface area contributed by atoms with E-state index < -0.39 is 10.9 Å². The highest BCUT2D eigenvalue weighted by molar-refractivity contribution is 6.13. The van der Waals surface area contributed by atoms with Crippen LogP contribution in [0.5, 0.6) is 0 Å². The number of rotatable bonds is 3. The van der Waals surface area contributed by atoms with E-state index in [1.807, 2.05) is 0 Å². The van der Waals surface area contributed by atoms with Crippen LogP contribution in [0.2, 0.25) is 0 Å². The summed E-state index contributed by atoms with van der Waals surface area (Å²) in [4.78, 5) is 40.2.